The quantitative estimate of drug-likeness (QED) is 0.645. The molecule has 21 heavy (non-hydrogen) atoms. The molecule has 0 heterocycles. The van der Waals surface area contributed by atoms with Gasteiger partial charge in [0.1, 0.15) is 6.61 Å². The van der Waals surface area contributed by atoms with Gasteiger partial charge >= 0.3 is 11.9 Å². The highest BCUT2D eigenvalue weighted by atomic mass is 32.2. The van der Waals surface area contributed by atoms with E-state index in [0.717, 1.165) is 5.56 Å². The normalized spacial score (nSPS) is 14.3. The number of hydrogen-bond donors (Lipinski definition) is 1. The molecule has 0 aromatic heterocycles. The van der Waals surface area contributed by atoms with Gasteiger partial charge in [-0.15, -0.1) is 0 Å². The number of carboxylic acid groups (broad SMARTS) is 1. The summed E-state index contributed by atoms with van der Waals surface area (Å²) in [5, 5.41) is 9.38. The Bertz CT molecular complexity index is 493. The third kappa shape index (κ3) is 5.42. The molecule has 5 heteroatoms. The summed E-state index contributed by atoms with van der Waals surface area (Å²) in [6, 6.07) is 9.21. The van der Waals surface area contributed by atoms with E-state index in [1.54, 1.807) is 0 Å². The summed E-state index contributed by atoms with van der Waals surface area (Å²) in [6.07, 6.45) is 0. The van der Waals surface area contributed by atoms with Crippen LogP contribution in [0.3, 0.4) is 0 Å². The third-order valence-electron chi connectivity index (χ3n) is 2.93. The summed E-state index contributed by atoms with van der Waals surface area (Å²) in [5.41, 5.74) is -0.700. The molecule has 0 aliphatic heterocycles. The molecule has 0 saturated heterocycles. The number of carboxylic acids is 1. The molecule has 1 aromatic carbocycles. The molecule has 1 rings (SSSR count). The zero-order valence-electron chi connectivity index (χ0n) is 12.9. The van der Waals surface area contributed by atoms with E-state index in [4.69, 9.17) is 4.74 Å². The van der Waals surface area contributed by atoms with Crippen LogP contribution in [0.4, 0.5) is 0 Å². The molecule has 116 valence electrons. The van der Waals surface area contributed by atoms with E-state index in [2.05, 4.69) is 0 Å². The molecule has 0 radical (unpaired) electrons. The fraction of sp³-hybridized carbons (Fsp3) is 0.500. The molecule has 0 unspecified atom stereocenters. The molecule has 1 aromatic rings. The average molecular weight is 310 g/mol. The molecule has 1 atom stereocenters. The van der Waals surface area contributed by atoms with Gasteiger partial charge < -0.3 is 9.84 Å². The summed E-state index contributed by atoms with van der Waals surface area (Å²) < 4.78 is 5.07. The second-order valence-electron chi connectivity index (χ2n) is 6.10. The largest absolute Gasteiger partial charge is 0.480 e. The van der Waals surface area contributed by atoms with Crippen LogP contribution in [0.15, 0.2) is 30.3 Å². The van der Waals surface area contributed by atoms with Gasteiger partial charge in [0.25, 0.3) is 0 Å². The number of carbonyl (C=O) groups excluding carboxylic acids is 1. The van der Waals surface area contributed by atoms with Crippen molar-refractivity contribution in [2.75, 3.05) is 5.75 Å². The van der Waals surface area contributed by atoms with Crippen molar-refractivity contribution in [2.45, 2.75) is 39.0 Å². The predicted molar refractivity (Wildman–Crippen MR) is 84.2 cm³/mol. The molecule has 0 amide bonds. The van der Waals surface area contributed by atoms with Crippen molar-refractivity contribution in [3.8, 4) is 0 Å². The molecule has 0 aliphatic rings. The smallest absolute Gasteiger partial charge is 0.324 e. The van der Waals surface area contributed by atoms with E-state index in [0.29, 0.717) is 0 Å². The number of rotatable bonds is 6. The summed E-state index contributed by atoms with van der Waals surface area (Å²) in [4.78, 5) is 23.7. The lowest BCUT2D eigenvalue weighted by atomic mass is 9.94. The SMILES string of the molecule is CC(C)(C)SC[C@](C)(C(=O)O)C(=O)OCc1ccccc1. The third-order valence-corrected chi connectivity index (χ3v) is 4.52. The van der Waals surface area contributed by atoms with Gasteiger partial charge in [0.05, 0.1) is 0 Å². The van der Waals surface area contributed by atoms with E-state index in [-0.39, 0.29) is 17.1 Å². The summed E-state index contributed by atoms with van der Waals surface area (Å²) in [5.74, 6) is -1.67. The van der Waals surface area contributed by atoms with Crippen LogP contribution < -0.4 is 0 Å². The number of esters is 1. The maximum absolute atomic E-state index is 12.2. The van der Waals surface area contributed by atoms with Crippen molar-refractivity contribution in [3.63, 3.8) is 0 Å². The Kier molecular flexibility index (Phi) is 5.84. The van der Waals surface area contributed by atoms with Gasteiger partial charge in [0, 0.05) is 10.5 Å². The average Bonchev–Trinajstić information content (AvgIpc) is 2.42. The molecule has 0 bridgehead atoms. The Labute approximate surface area is 129 Å². The van der Waals surface area contributed by atoms with Crippen molar-refractivity contribution in [1.82, 2.24) is 0 Å². The Hall–Kier alpha value is -1.49. The highest BCUT2D eigenvalue weighted by molar-refractivity contribution is 8.00. The van der Waals surface area contributed by atoms with E-state index >= 15 is 0 Å². The first-order chi connectivity index (χ1) is 9.65. The molecular weight excluding hydrogens is 288 g/mol. The lowest BCUT2D eigenvalue weighted by Crippen LogP contribution is -2.41. The van der Waals surface area contributed by atoms with Gasteiger partial charge in [0.15, 0.2) is 5.41 Å². The van der Waals surface area contributed by atoms with Crippen molar-refractivity contribution in [3.05, 3.63) is 35.9 Å². The maximum atomic E-state index is 12.2. The predicted octanol–water partition coefficient (Wildman–Crippen LogP) is 3.35. The molecule has 1 N–H and O–H groups in total. The monoisotopic (exact) mass is 310 g/mol. The first-order valence-electron chi connectivity index (χ1n) is 6.74. The molecule has 0 fully saturated rings. The topological polar surface area (TPSA) is 63.6 Å². The van der Waals surface area contributed by atoms with Crippen LogP contribution in [-0.4, -0.2) is 27.5 Å². The van der Waals surface area contributed by atoms with E-state index in [1.807, 2.05) is 51.1 Å². The Morgan fingerprint density at radius 1 is 1.14 bits per heavy atom. The fourth-order valence-electron chi connectivity index (χ4n) is 1.45. The number of aliphatic carboxylic acids is 1. The molecule has 0 saturated carbocycles. The highest BCUT2D eigenvalue weighted by Gasteiger charge is 2.44. The Balaban J connectivity index is 2.71. The van der Waals surface area contributed by atoms with Gasteiger partial charge in [0.2, 0.25) is 0 Å². The van der Waals surface area contributed by atoms with Crippen molar-refractivity contribution < 1.29 is 19.4 Å². The minimum absolute atomic E-state index is 0.0860. The maximum Gasteiger partial charge on any atom is 0.324 e. The molecule has 4 nitrogen and oxygen atoms in total. The Morgan fingerprint density at radius 2 is 1.71 bits per heavy atom. The van der Waals surface area contributed by atoms with E-state index < -0.39 is 17.4 Å². The molecule has 0 spiro atoms. The number of ether oxygens (including phenoxy) is 1. The number of thioether (sulfide) groups is 1. The Morgan fingerprint density at radius 3 is 2.19 bits per heavy atom. The molecular formula is C16H22O4S. The number of carbonyl (C=O) groups is 2. The highest BCUT2D eigenvalue weighted by Crippen LogP contribution is 2.32. The van der Waals surface area contributed by atoms with Gasteiger partial charge in [-0.05, 0) is 12.5 Å². The zero-order chi connectivity index (χ0) is 16.1. The fourth-order valence-corrected chi connectivity index (χ4v) is 2.41. The van der Waals surface area contributed by atoms with Crippen molar-refractivity contribution in [2.24, 2.45) is 5.41 Å². The summed E-state index contributed by atoms with van der Waals surface area (Å²) in [7, 11) is 0. The van der Waals surface area contributed by atoms with Gasteiger partial charge in [-0.3, -0.25) is 9.59 Å². The van der Waals surface area contributed by atoms with E-state index in [1.165, 1.54) is 18.7 Å². The standard InChI is InChI=1S/C16H22O4S/c1-15(2,3)21-11-16(4,13(17)18)14(19)20-10-12-8-6-5-7-9-12/h5-9H,10-11H2,1-4H3,(H,17,18)/t16-/m1/s1. The van der Waals surface area contributed by atoms with Crippen LogP contribution in [0.25, 0.3) is 0 Å². The van der Waals surface area contributed by atoms with Gasteiger partial charge in [-0.25, -0.2) is 0 Å². The van der Waals surface area contributed by atoms with Gasteiger partial charge in [-0.2, -0.15) is 11.8 Å². The van der Waals surface area contributed by atoms with Crippen LogP contribution in [0.1, 0.15) is 33.3 Å². The van der Waals surface area contributed by atoms with Crippen LogP contribution in [-0.2, 0) is 20.9 Å². The van der Waals surface area contributed by atoms with Crippen LogP contribution in [0.2, 0.25) is 0 Å². The van der Waals surface area contributed by atoms with Crippen LogP contribution >= 0.6 is 11.8 Å². The van der Waals surface area contributed by atoms with Gasteiger partial charge in [-0.1, -0.05) is 51.1 Å². The second-order valence-corrected chi connectivity index (χ2v) is 7.90. The summed E-state index contributed by atoms with van der Waals surface area (Å²) >= 11 is 1.44. The number of hydrogen-bond acceptors (Lipinski definition) is 4. The summed E-state index contributed by atoms with van der Waals surface area (Å²) in [6.45, 7) is 7.45. The lowest BCUT2D eigenvalue weighted by molar-refractivity contribution is -0.166. The first-order valence-corrected chi connectivity index (χ1v) is 7.72. The lowest BCUT2D eigenvalue weighted by Gasteiger charge is -2.26. The minimum atomic E-state index is -1.53. The number of benzene rings is 1. The first kappa shape index (κ1) is 17.6. The second kappa shape index (κ2) is 6.98. The van der Waals surface area contributed by atoms with Crippen molar-refractivity contribution in [1.29, 1.82) is 0 Å². The zero-order valence-corrected chi connectivity index (χ0v) is 13.7. The van der Waals surface area contributed by atoms with Crippen molar-refractivity contribution >= 4 is 23.7 Å². The van der Waals surface area contributed by atoms with Crippen LogP contribution in [0, 0.1) is 5.41 Å². The van der Waals surface area contributed by atoms with E-state index in [9.17, 15) is 14.7 Å². The minimum Gasteiger partial charge on any atom is -0.480 e. The molecule has 0 aliphatic carbocycles. The van der Waals surface area contributed by atoms with Crippen LogP contribution in [0.5, 0.6) is 0 Å².